The van der Waals surface area contributed by atoms with Gasteiger partial charge in [0.25, 0.3) is 0 Å². The number of halogens is 1. The van der Waals surface area contributed by atoms with Crippen LogP contribution in [0.25, 0.3) is 21.9 Å². The molecule has 156 valence electrons. The van der Waals surface area contributed by atoms with Gasteiger partial charge in [-0.15, -0.1) is 0 Å². The molecule has 0 aliphatic carbocycles. The van der Waals surface area contributed by atoms with Gasteiger partial charge in [0.15, 0.2) is 8.07 Å². The average molecular weight is 503 g/mol. The fraction of sp³-hybridized carbons (Fsp3) is 0. The molecule has 6 rings (SSSR count). The van der Waals surface area contributed by atoms with E-state index >= 15 is 0 Å². The van der Waals surface area contributed by atoms with E-state index in [1.54, 1.807) is 0 Å². The molecule has 0 aliphatic rings. The molecule has 1 nitrogen and oxygen atoms in total. The Morgan fingerprint density at radius 3 is 1.88 bits per heavy atom. The molecule has 0 atom stereocenters. The van der Waals surface area contributed by atoms with E-state index in [0.29, 0.717) is 0 Å². The molecular formula is C30H19BrOSi. The summed E-state index contributed by atoms with van der Waals surface area (Å²) in [6, 6.07) is 47.5. The Bertz CT molecular complexity index is 1460. The zero-order valence-corrected chi connectivity index (χ0v) is 20.3. The number of fused-ring (bicyclic) bond motifs is 3. The Morgan fingerprint density at radius 1 is 0.606 bits per heavy atom. The quantitative estimate of drug-likeness (QED) is 0.234. The van der Waals surface area contributed by atoms with Crippen molar-refractivity contribution in [2.24, 2.45) is 0 Å². The van der Waals surface area contributed by atoms with Crippen molar-refractivity contribution in [3.63, 3.8) is 0 Å². The van der Waals surface area contributed by atoms with Crippen LogP contribution in [0.5, 0.6) is 0 Å². The van der Waals surface area contributed by atoms with Crippen molar-refractivity contribution in [3.05, 3.63) is 132 Å². The van der Waals surface area contributed by atoms with Crippen LogP contribution >= 0.6 is 15.9 Å². The number of hydrogen-bond acceptors (Lipinski definition) is 1. The lowest BCUT2D eigenvalue weighted by molar-refractivity contribution is 0.669. The summed E-state index contributed by atoms with van der Waals surface area (Å²) < 4.78 is 7.22. The Hall–Kier alpha value is -3.58. The van der Waals surface area contributed by atoms with E-state index in [4.69, 9.17) is 4.42 Å². The molecule has 6 aromatic rings. The summed E-state index contributed by atoms with van der Waals surface area (Å²) in [7, 11) is -2.63. The van der Waals surface area contributed by atoms with E-state index in [1.807, 2.05) is 18.2 Å². The van der Waals surface area contributed by atoms with Crippen LogP contribution in [-0.4, -0.2) is 8.07 Å². The van der Waals surface area contributed by atoms with Crippen molar-refractivity contribution in [1.82, 2.24) is 0 Å². The molecule has 0 saturated heterocycles. The molecule has 1 aromatic heterocycles. The predicted molar refractivity (Wildman–Crippen MR) is 143 cm³/mol. The molecule has 0 fully saturated rings. The van der Waals surface area contributed by atoms with Gasteiger partial charge in [-0.05, 0) is 45.9 Å². The molecule has 0 aliphatic heterocycles. The van der Waals surface area contributed by atoms with E-state index < -0.39 is 8.07 Å². The lowest BCUT2D eigenvalue weighted by Crippen LogP contribution is -2.74. The van der Waals surface area contributed by atoms with Gasteiger partial charge in [-0.3, -0.25) is 0 Å². The number of benzene rings is 4. The lowest BCUT2D eigenvalue weighted by atomic mass is 10.1. The van der Waals surface area contributed by atoms with Gasteiger partial charge < -0.3 is 4.42 Å². The first kappa shape index (κ1) is 20.1. The second kappa shape index (κ2) is 8.08. The molecule has 33 heavy (non-hydrogen) atoms. The SMILES string of the molecule is Brc1ccc2oc3ccc([Si](c4c#cccc4)(c4ccccc4)c4ccccc4)cc3c2c1. The first-order chi connectivity index (χ1) is 16.3. The second-order valence-electron chi connectivity index (χ2n) is 8.14. The van der Waals surface area contributed by atoms with Crippen molar-refractivity contribution in [2.45, 2.75) is 0 Å². The largest absolute Gasteiger partial charge is 0.456 e. The standard InChI is InChI=1S/C30H19BrOSi/c31-22-16-18-29-27(20-22)28-21-26(17-19-30(28)32-29)33(23-10-4-1-5-11-23,24-12-6-2-7-13-24)25-14-8-3-9-15-25/h1-8,10-14,16-21H. The first-order valence-corrected chi connectivity index (χ1v) is 13.7. The van der Waals surface area contributed by atoms with E-state index in [0.717, 1.165) is 26.4 Å². The van der Waals surface area contributed by atoms with Gasteiger partial charge in [0.05, 0.1) is 0 Å². The molecule has 0 bridgehead atoms. The first-order valence-electron chi connectivity index (χ1n) is 10.9. The van der Waals surface area contributed by atoms with Gasteiger partial charge in [-0.1, -0.05) is 113 Å². The maximum Gasteiger partial charge on any atom is 0.189 e. The fourth-order valence-electron chi connectivity index (χ4n) is 4.90. The van der Waals surface area contributed by atoms with Gasteiger partial charge in [0.2, 0.25) is 0 Å². The van der Waals surface area contributed by atoms with Crippen LogP contribution in [0.4, 0.5) is 0 Å². The highest BCUT2D eigenvalue weighted by Crippen LogP contribution is 2.30. The highest BCUT2D eigenvalue weighted by atomic mass is 79.9. The third-order valence-electron chi connectivity index (χ3n) is 6.33. The van der Waals surface area contributed by atoms with E-state index in [9.17, 15) is 0 Å². The van der Waals surface area contributed by atoms with Crippen molar-refractivity contribution in [3.8, 4) is 0 Å². The Labute approximate surface area is 202 Å². The summed E-state index contributed by atoms with van der Waals surface area (Å²) >= 11 is 3.63. The van der Waals surface area contributed by atoms with Crippen LogP contribution < -0.4 is 20.7 Å². The van der Waals surface area contributed by atoms with Gasteiger partial charge in [0, 0.05) is 20.4 Å². The molecule has 0 saturated carbocycles. The number of hydrogen-bond donors (Lipinski definition) is 0. The van der Waals surface area contributed by atoms with Crippen LogP contribution in [-0.2, 0) is 0 Å². The molecule has 0 radical (unpaired) electrons. The minimum absolute atomic E-state index is 0.900. The van der Waals surface area contributed by atoms with Crippen LogP contribution in [0.15, 0.2) is 124 Å². The van der Waals surface area contributed by atoms with Crippen LogP contribution in [0, 0.1) is 12.1 Å². The zero-order valence-electron chi connectivity index (χ0n) is 17.8. The summed E-state index contributed by atoms with van der Waals surface area (Å²) in [6.45, 7) is 0. The van der Waals surface area contributed by atoms with Gasteiger partial charge in [-0.2, -0.15) is 0 Å². The highest BCUT2D eigenvalue weighted by molar-refractivity contribution is 9.10. The summed E-state index contributed by atoms with van der Waals surface area (Å²) in [5.41, 5.74) is 1.80. The summed E-state index contributed by atoms with van der Waals surface area (Å²) in [4.78, 5) is 0. The predicted octanol–water partition coefficient (Wildman–Crippen LogP) is 5.33. The number of furan rings is 1. The normalized spacial score (nSPS) is 11.5. The Kier molecular flexibility index (Phi) is 4.91. The van der Waals surface area contributed by atoms with Crippen LogP contribution in [0.1, 0.15) is 0 Å². The third kappa shape index (κ3) is 3.22. The second-order valence-corrected chi connectivity index (χ2v) is 12.8. The maximum absolute atomic E-state index is 6.17. The average Bonchev–Trinajstić information content (AvgIpc) is 3.24. The molecule has 3 heteroatoms. The van der Waals surface area contributed by atoms with Crippen molar-refractivity contribution in [2.75, 3.05) is 0 Å². The zero-order chi connectivity index (χ0) is 22.3. The third-order valence-corrected chi connectivity index (χ3v) is 11.5. The smallest absolute Gasteiger partial charge is 0.189 e. The Morgan fingerprint density at radius 2 is 1.24 bits per heavy atom. The van der Waals surface area contributed by atoms with Gasteiger partial charge in [-0.25, -0.2) is 0 Å². The fourth-order valence-corrected chi connectivity index (χ4v) is 9.88. The van der Waals surface area contributed by atoms with Crippen LogP contribution in [0.2, 0.25) is 0 Å². The molecule has 0 amide bonds. The highest BCUT2D eigenvalue weighted by Gasteiger charge is 2.42. The maximum atomic E-state index is 6.17. The van der Waals surface area contributed by atoms with E-state index in [-0.39, 0.29) is 0 Å². The van der Waals surface area contributed by atoms with E-state index in [1.165, 1.54) is 20.7 Å². The molecule has 1 heterocycles. The monoisotopic (exact) mass is 502 g/mol. The van der Waals surface area contributed by atoms with Crippen LogP contribution in [0.3, 0.4) is 0 Å². The van der Waals surface area contributed by atoms with Gasteiger partial charge >= 0.3 is 0 Å². The van der Waals surface area contributed by atoms with Crippen molar-refractivity contribution >= 4 is 66.7 Å². The number of rotatable bonds is 4. The van der Waals surface area contributed by atoms with Crippen molar-refractivity contribution < 1.29 is 4.42 Å². The minimum Gasteiger partial charge on any atom is -0.456 e. The minimum atomic E-state index is -2.63. The molecule has 0 spiro atoms. The molecule has 0 N–H and O–H groups in total. The van der Waals surface area contributed by atoms with Gasteiger partial charge in [0.1, 0.15) is 11.2 Å². The Balaban J connectivity index is 1.75. The topological polar surface area (TPSA) is 13.1 Å². The molecule has 5 aromatic carbocycles. The summed E-state index contributed by atoms with van der Waals surface area (Å²) in [6.07, 6.45) is 0. The van der Waals surface area contributed by atoms with E-state index in [2.05, 4.69) is 125 Å². The summed E-state index contributed by atoms with van der Waals surface area (Å²) in [5.74, 6) is 0. The van der Waals surface area contributed by atoms with Crippen molar-refractivity contribution in [1.29, 1.82) is 0 Å². The molecular weight excluding hydrogens is 484 g/mol. The lowest BCUT2D eigenvalue weighted by Gasteiger charge is -2.33. The summed E-state index contributed by atoms with van der Waals surface area (Å²) in [5, 5.41) is 7.38. The molecule has 0 unspecified atom stereocenters.